The first-order valence-electron chi connectivity index (χ1n) is 16.9. The Labute approximate surface area is 284 Å². The fourth-order valence-corrected chi connectivity index (χ4v) is 8.88. The van der Waals surface area contributed by atoms with Crippen LogP contribution < -0.4 is 4.90 Å². The predicted octanol–water partition coefficient (Wildman–Crippen LogP) is 12.6. The number of para-hydroxylation sites is 1. The van der Waals surface area contributed by atoms with Crippen LogP contribution in [0.5, 0.6) is 0 Å². The molecule has 0 saturated carbocycles. The van der Waals surface area contributed by atoms with Gasteiger partial charge in [-0.25, -0.2) is 0 Å². The van der Waals surface area contributed by atoms with Crippen molar-refractivity contribution in [3.05, 3.63) is 198 Å². The van der Waals surface area contributed by atoms with E-state index in [1.165, 1.54) is 49.9 Å². The molecule has 2 aliphatic rings. The molecule has 0 fully saturated rings. The van der Waals surface area contributed by atoms with Crippen molar-refractivity contribution in [1.82, 2.24) is 0 Å². The number of benzene rings is 8. The molecule has 11 rings (SSSR count). The van der Waals surface area contributed by atoms with Crippen molar-refractivity contribution in [1.29, 1.82) is 0 Å². The standard InChI is InChI=1S/C47H29NO/c1-2-13-31(14-3-1)48(33-24-27-45-40(29-33)38-25-22-30-12-4-5-15-34(30)46(38)49-45)32-23-26-44-39(28-32)37-18-8-11-21-43(37)47(44)41-19-9-6-16-35(41)36-17-7-10-20-42(36)47/h1-29H. The number of rotatable bonds is 3. The van der Waals surface area contributed by atoms with Gasteiger partial charge < -0.3 is 9.32 Å². The molecule has 1 aromatic heterocycles. The molecule has 2 aliphatic carbocycles. The molecule has 0 saturated heterocycles. The minimum absolute atomic E-state index is 0.355. The van der Waals surface area contributed by atoms with Gasteiger partial charge in [0, 0.05) is 33.2 Å². The van der Waals surface area contributed by atoms with E-state index in [9.17, 15) is 0 Å². The molecule has 2 heteroatoms. The van der Waals surface area contributed by atoms with Crippen molar-refractivity contribution in [2.75, 3.05) is 4.90 Å². The first-order chi connectivity index (χ1) is 24.3. The van der Waals surface area contributed by atoms with E-state index in [0.717, 1.165) is 44.4 Å². The molecular weight excluding hydrogens is 595 g/mol. The molecular formula is C47H29NO. The smallest absolute Gasteiger partial charge is 0.143 e. The summed E-state index contributed by atoms with van der Waals surface area (Å²) < 4.78 is 6.50. The SMILES string of the molecule is c1ccc(N(c2ccc3c(c2)-c2ccccc2C32c3ccccc3-c3ccccc32)c2ccc3oc4c5ccccc5ccc4c3c2)cc1. The Hall–Kier alpha value is -6.38. The second kappa shape index (κ2) is 9.82. The molecule has 0 unspecified atom stereocenters. The summed E-state index contributed by atoms with van der Waals surface area (Å²) >= 11 is 0. The Morgan fingerprint density at radius 3 is 1.67 bits per heavy atom. The molecule has 0 radical (unpaired) electrons. The highest BCUT2D eigenvalue weighted by molar-refractivity contribution is 6.15. The van der Waals surface area contributed by atoms with Gasteiger partial charge >= 0.3 is 0 Å². The van der Waals surface area contributed by atoms with Crippen LogP contribution in [0.15, 0.2) is 180 Å². The lowest BCUT2D eigenvalue weighted by Crippen LogP contribution is -2.25. The molecule has 2 nitrogen and oxygen atoms in total. The number of fused-ring (bicyclic) bond motifs is 15. The molecule has 0 atom stereocenters. The van der Waals surface area contributed by atoms with Crippen molar-refractivity contribution in [3.63, 3.8) is 0 Å². The number of nitrogens with zero attached hydrogens (tertiary/aromatic N) is 1. The molecule has 228 valence electrons. The van der Waals surface area contributed by atoms with Crippen LogP contribution in [0.2, 0.25) is 0 Å². The van der Waals surface area contributed by atoms with Gasteiger partial charge in [-0.1, -0.05) is 127 Å². The molecule has 1 heterocycles. The van der Waals surface area contributed by atoms with E-state index in [4.69, 9.17) is 4.42 Å². The summed E-state index contributed by atoms with van der Waals surface area (Å²) in [6.45, 7) is 0. The summed E-state index contributed by atoms with van der Waals surface area (Å²) in [5, 5.41) is 4.57. The molecule has 9 aromatic rings. The van der Waals surface area contributed by atoms with Gasteiger partial charge in [-0.3, -0.25) is 0 Å². The Kier molecular flexibility index (Phi) is 5.34. The van der Waals surface area contributed by atoms with Gasteiger partial charge in [0.2, 0.25) is 0 Å². The van der Waals surface area contributed by atoms with E-state index in [2.05, 4.69) is 181 Å². The minimum atomic E-state index is -0.355. The van der Waals surface area contributed by atoms with Crippen LogP contribution in [0.3, 0.4) is 0 Å². The van der Waals surface area contributed by atoms with Crippen molar-refractivity contribution in [2.24, 2.45) is 0 Å². The quantitative estimate of drug-likeness (QED) is 0.195. The maximum absolute atomic E-state index is 6.50. The van der Waals surface area contributed by atoms with Gasteiger partial charge in [0.1, 0.15) is 11.2 Å². The number of anilines is 3. The largest absolute Gasteiger partial charge is 0.455 e. The van der Waals surface area contributed by atoms with Crippen molar-refractivity contribution in [2.45, 2.75) is 5.41 Å². The number of hydrogen-bond donors (Lipinski definition) is 0. The molecule has 8 aromatic carbocycles. The van der Waals surface area contributed by atoms with Crippen LogP contribution >= 0.6 is 0 Å². The van der Waals surface area contributed by atoms with Crippen LogP contribution in [0.25, 0.3) is 55.0 Å². The highest BCUT2D eigenvalue weighted by Crippen LogP contribution is 2.63. The van der Waals surface area contributed by atoms with Gasteiger partial charge in [-0.15, -0.1) is 0 Å². The van der Waals surface area contributed by atoms with E-state index >= 15 is 0 Å². The van der Waals surface area contributed by atoms with E-state index in [0.29, 0.717) is 0 Å². The average Bonchev–Trinajstić information content (AvgIpc) is 3.79. The monoisotopic (exact) mass is 623 g/mol. The molecule has 1 spiro atoms. The maximum Gasteiger partial charge on any atom is 0.143 e. The van der Waals surface area contributed by atoms with Crippen LogP contribution in [-0.2, 0) is 5.41 Å². The Balaban J connectivity index is 1.15. The fourth-order valence-electron chi connectivity index (χ4n) is 8.88. The predicted molar refractivity (Wildman–Crippen MR) is 202 cm³/mol. The molecule has 0 amide bonds. The van der Waals surface area contributed by atoms with Gasteiger partial charge in [0.25, 0.3) is 0 Å². The summed E-state index contributed by atoms with van der Waals surface area (Å²) in [4.78, 5) is 2.38. The van der Waals surface area contributed by atoms with E-state index in [1.54, 1.807) is 0 Å². The normalized spacial score (nSPS) is 13.5. The molecule has 0 N–H and O–H groups in total. The zero-order valence-corrected chi connectivity index (χ0v) is 26.6. The van der Waals surface area contributed by atoms with Crippen LogP contribution in [0.4, 0.5) is 17.1 Å². The topological polar surface area (TPSA) is 16.4 Å². The first-order valence-corrected chi connectivity index (χ1v) is 16.9. The van der Waals surface area contributed by atoms with E-state index in [1.807, 2.05) is 0 Å². The third-order valence-electron chi connectivity index (χ3n) is 10.9. The van der Waals surface area contributed by atoms with E-state index < -0.39 is 0 Å². The van der Waals surface area contributed by atoms with Crippen LogP contribution in [-0.4, -0.2) is 0 Å². The second-order valence-corrected chi connectivity index (χ2v) is 13.2. The zero-order valence-electron chi connectivity index (χ0n) is 26.6. The van der Waals surface area contributed by atoms with Gasteiger partial charge in [-0.05, 0) is 98.4 Å². The second-order valence-electron chi connectivity index (χ2n) is 13.2. The summed E-state index contributed by atoms with van der Waals surface area (Å²) in [5.41, 5.74) is 15.4. The van der Waals surface area contributed by atoms with Crippen molar-refractivity contribution in [3.8, 4) is 22.3 Å². The summed E-state index contributed by atoms with van der Waals surface area (Å²) in [5.74, 6) is 0. The van der Waals surface area contributed by atoms with Crippen LogP contribution in [0.1, 0.15) is 22.3 Å². The Morgan fingerprint density at radius 2 is 0.939 bits per heavy atom. The van der Waals surface area contributed by atoms with Crippen molar-refractivity contribution >= 4 is 49.8 Å². The fraction of sp³-hybridized carbons (Fsp3) is 0.0213. The lowest BCUT2D eigenvalue weighted by atomic mass is 9.70. The molecule has 49 heavy (non-hydrogen) atoms. The highest BCUT2D eigenvalue weighted by Gasteiger charge is 2.51. The highest BCUT2D eigenvalue weighted by atomic mass is 16.3. The Bertz CT molecular complexity index is 2740. The molecule has 0 bridgehead atoms. The minimum Gasteiger partial charge on any atom is -0.455 e. The first kappa shape index (κ1) is 26.7. The third kappa shape index (κ3) is 3.50. The van der Waals surface area contributed by atoms with Gasteiger partial charge in [0.05, 0.1) is 5.41 Å². The van der Waals surface area contributed by atoms with Gasteiger partial charge in [-0.2, -0.15) is 0 Å². The Morgan fingerprint density at radius 1 is 0.367 bits per heavy atom. The van der Waals surface area contributed by atoms with Crippen LogP contribution in [0, 0.1) is 0 Å². The molecule has 0 aliphatic heterocycles. The van der Waals surface area contributed by atoms with E-state index in [-0.39, 0.29) is 5.41 Å². The van der Waals surface area contributed by atoms with Crippen molar-refractivity contribution < 1.29 is 4.42 Å². The van der Waals surface area contributed by atoms with Gasteiger partial charge in [0.15, 0.2) is 0 Å². The number of furan rings is 1. The maximum atomic E-state index is 6.50. The average molecular weight is 624 g/mol. The number of hydrogen-bond acceptors (Lipinski definition) is 2. The lowest BCUT2D eigenvalue weighted by Gasteiger charge is -2.31. The summed E-state index contributed by atoms with van der Waals surface area (Å²) in [7, 11) is 0. The zero-order chi connectivity index (χ0) is 32.1. The summed E-state index contributed by atoms with van der Waals surface area (Å²) in [6, 6.07) is 64.2. The third-order valence-corrected chi connectivity index (χ3v) is 10.9. The summed E-state index contributed by atoms with van der Waals surface area (Å²) in [6.07, 6.45) is 0. The lowest BCUT2D eigenvalue weighted by molar-refractivity contribution is 0.672.